The van der Waals surface area contributed by atoms with Gasteiger partial charge in [0.2, 0.25) is 0 Å². The molecule has 1 heterocycles. The van der Waals surface area contributed by atoms with Crippen LogP contribution in [0.2, 0.25) is 0 Å². The molecule has 24 heavy (non-hydrogen) atoms. The Morgan fingerprint density at radius 2 is 1.79 bits per heavy atom. The third kappa shape index (κ3) is 4.52. The number of amides is 3. The van der Waals surface area contributed by atoms with Crippen molar-refractivity contribution in [3.05, 3.63) is 35.4 Å². The van der Waals surface area contributed by atoms with Crippen LogP contribution in [-0.2, 0) is 0 Å². The molecule has 0 aliphatic carbocycles. The van der Waals surface area contributed by atoms with Crippen LogP contribution in [0, 0.1) is 0 Å². The molecule has 0 unspecified atom stereocenters. The van der Waals surface area contributed by atoms with Crippen LogP contribution in [0.1, 0.15) is 35.7 Å². The summed E-state index contributed by atoms with van der Waals surface area (Å²) in [5.41, 5.74) is 2.30. The molecular formula is C16H19N3O2S3. The molecule has 0 spiro atoms. The minimum Gasteiger partial charge on any atom is -0.308 e. The first kappa shape index (κ1) is 18.8. The maximum atomic E-state index is 12.4. The molecule has 1 aromatic carbocycles. The zero-order valence-electron chi connectivity index (χ0n) is 13.9. The largest absolute Gasteiger partial charge is 0.326 e. The van der Waals surface area contributed by atoms with Crippen LogP contribution in [0.5, 0.6) is 0 Å². The number of hydrogen-bond donors (Lipinski definition) is 2. The first-order valence-corrected chi connectivity index (χ1v) is 10.5. The van der Waals surface area contributed by atoms with Gasteiger partial charge >= 0.3 is 6.03 Å². The minimum atomic E-state index is -0.553. The topological polar surface area (TPSA) is 71.1 Å². The molecule has 0 atom stereocenters. The summed E-state index contributed by atoms with van der Waals surface area (Å²) in [6, 6.07) is 7.02. The molecule has 2 N–H and O–H groups in total. The molecule has 0 bridgehead atoms. The first-order valence-electron chi connectivity index (χ1n) is 7.26. The molecule has 1 aromatic heterocycles. The van der Waals surface area contributed by atoms with Gasteiger partial charge in [0.15, 0.2) is 0 Å². The molecule has 5 nitrogen and oxygen atoms in total. The predicted molar refractivity (Wildman–Crippen MR) is 103 cm³/mol. The number of urea groups is 1. The van der Waals surface area contributed by atoms with Gasteiger partial charge in [0.1, 0.15) is 5.03 Å². The van der Waals surface area contributed by atoms with Crippen molar-refractivity contribution >= 4 is 52.7 Å². The third-order valence-corrected chi connectivity index (χ3v) is 6.04. The van der Waals surface area contributed by atoms with Crippen molar-refractivity contribution in [2.24, 2.45) is 0 Å². The van der Waals surface area contributed by atoms with Gasteiger partial charge in [-0.1, -0.05) is 26.0 Å². The summed E-state index contributed by atoms with van der Waals surface area (Å²) in [4.78, 5) is 24.4. The molecule has 0 saturated heterocycles. The standard InChI is InChI=1S/C16H19N3O2S3/c1-9(2)10-5-7-11(8-6-10)17-16(21)18-13(20)12-14(22-3)19-24-15(12)23-4/h5-9H,1-4H3,(H2,17,18,20,21). The van der Waals surface area contributed by atoms with Gasteiger partial charge in [-0.2, -0.15) is 4.37 Å². The Morgan fingerprint density at radius 1 is 1.12 bits per heavy atom. The van der Waals surface area contributed by atoms with E-state index in [0.29, 0.717) is 22.2 Å². The number of hydrogen-bond acceptors (Lipinski definition) is 6. The van der Waals surface area contributed by atoms with E-state index in [0.717, 1.165) is 4.21 Å². The van der Waals surface area contributed by atoms with Crippen LogP contribution in [0.25, 0.3) is 0 Å². The number of carbonyl (C=O) groups excluding carboxylic acids is 2. The number of rotatable bonds is 5. The van der Waals surface area contributed by atoms with Gasteiger partial charge in [0, 0.05) is 5.69 Å². The fraction of sp³-hybridized carbons (Fsp3) is 0.312. The second-order valence-corrected chi connectivity index (χ2v) is 7.89. The number of thioether (sulfide) groups is 2. The van der Waals surface area contributed by atoms with Gasteiger partial charge in [0.05, 0.1) is 9.77 Å². The summed E-state index contributed by atoms with van der Waals surface area (Å²) < 4.78 is 5.03. The normalized spacial score (nSPS) is 10.7. The minimum absolute atomic E-state index is 0.426. The maximum Gasteiger partial charge on any atom is 0.326 e. The van der Waals surface area contributed by atoms with Gasteiger partial charge in [0.25, 0.3) is 5.91 Å². The molecule has 0 radical (unpaired) electrons. The van der Waals surface area contributed by atoms with Crippen molar-refractivity contribution in [3.63, 3.8) is 0 Å². The highest BCUT2D eigenvalue weighted by molar-refractivity contribution is 8.01. The molecule has 8 heteroatoms. The van der Waals surface area contributed by atoms with E-state index in [2.05, 4.69) is 28.9 Å². The lowest BCUT2D eigenvalue weighted by atomic mass is 10.0. The molecule has 2 rings (SSSR count). The second-order valence-electron chi connectivity index (χ2n) is 5.24. The number of nitrogens with zero attached hydrogens (tertiary/aromatic N) is 1. The molecule has 0 aliphatic heterocycles. The van der Waals surface area contributed by atoms with E-state index >= 15 is 0 Å². The number of anilines is 1. The number of aromatic nitrogens is 1. The van der Waals surface area contributed by atoms with Crippen molar-refractivity contribution in [2.45, 2.75) is 29.0 Å². The Balaban J connectivity index is 2.04. The lowest BCUT2D eigenvalue weighted by Gasteiger charge is -2.09. The highest BCUT2D eigenvalue weighted by atomic mass is 32.2. The molecule has 0 aliphatic rings. The second kappa shape index (κ2) is 8.55. The van der Waals surface area contributed by atoms with Crippen LogP contribution in [0.15, 0.2) is 33.5 Å². The SMILES string of the molecule is CSc1nsc(SC)c1C(=O)NC(=O)Nc1ccc(C(C)C)cc1. The van der Waals surface area contributed by atoms with Gasteiger partial charge in [-0.3, -0.25) is 10.1 Å². The molecule has 0 fully saturated rings. The van der Waals surface area contributed by atoms with E-state index in [1.54, 1.807) is 0 Å². The molecular weight excluding hydrogens is 362 g/mol. The Bertz CT molecular complexity index is 705. The van der Waals surface area contributed by atoms with E-state index in [1.807, 2.05) is 36.8 Å². The van der Waals surface area contributed by atoms with Gasteiger partial charge < -0.3 is 5.32 Å². The zero-order valence-corrected chi connectivity index (χ0v) is 16.3. The van der Waals surface area contributed by atoms with E-state index in [-0.39, 0.29) is 0 Å². The third-order valence-electron chi connectivity index (χ3n) is 3.30. The van der Waals surface area contributed by atoms with Crippen LogP contribution in [0.3, 0.4) is 0 Å². The summed E-state index contributed by atoms with van der Waals surface area (Å²) in [5.74, 6) is -0.00998. The number of nitrogens with one attached hydrogen (secondary N) is 2. The van der Waals surface area contributed by atoms with E-state index in [1.165, 1.54) is 40.6 Å². The van der Waals surface area contributed by atoms with Gasteiger partial charge in [-0.25, -0.2) is 4.79 Å². The first-order chi connectivity index (χ1) is 11.5. The average Bonchev–Trinajstić information content (AvgIpc) is 2.98. The lowest BCUT2D eigenvalue weighted by molar-refractivity contribution is 0.0961. The Kier molecular flexibility index (Phi) is 6.70. The summed E-state index contributed by atoms with van der Waals surface area (Å²) in [7, 11) is 0. The summed E-state index contributed by atoms with van der Waals surface area (Å²) in [5, 5.41) is 5.68. The van der Waals surface area contributed by atoms with Crippen molar-refractivity contribution in [3.8, 4) is 0 Å². The monoisotopic (exact) mass is 381 g/mol. The van der Waals surface area contributed by atoms with Crippen molar-refractivity contribution in [1.29, 1.82) is 0 Å². The summed E-state index contributed by atoms with van der Waals surface area (Å²) in [6.07, 6.45) is 3.73. The number of imide groups is 1. The summed E-state index contributed by atoms with van der Waals surface area (Å²) >= 11 is 4.10. The van der Waals surface area contributed by atoms with Gasteiger partial charge in [-0.05, 0) is 47.7 Å². The van der Waals surface area contributed by atoms with Crippen molar-refractivity contribution in [1.82, 2.24) is 9.69 Å². The predicted octanol–water partition coefficient (Wildman–Crippen LogP) is 4.67. The van der Waals surface area contributed by atoms with E-state index in [4.69, 9.17) is 0 Å². The highest BCUT2D eigenvalue weighted by Crippen LogP contribution is 2.32. The fourth-order valence-electron chi connectivity index (χ4n) is 2.01. The zero-order chi connectivity index (χ0) is 17.7. The molecule has 0 saturated carbocycles. The van der Waals surface area contributed by atoms with Crippen LogP contribution >= 0.6 is 35.1 Å². The molecule has 128 valence electrons. The number of benzene rings is 1. The van der Waals surface area contributed by atoms with E-state index < -0.39 is 11.9 Å². The maximum absolute atomic E-state index is 12.4. The Hall–Kier alpha value is -1.51. The molecule has 3 amide bonds. The van der Waals surface area contributed by atoms with Crippen LogP contribution in [-0.4, -0.2) is 28.8 Å². The number of carbonyl (C=O) groups is 2. The van der Waals surface area contributed by atoms with E-state index in [9.17, 15) is 9.59 Å². The Labute approximate surface area is 154 Å². The fourth-order valence-corrected chi connectivity index (χ4v) is 4.29. The van der Waals surface area contributed by atoms with Crippen molar-refractivity contribution < 1.29 is 9.59 Å². The quantitative estimate of drug-likeness (QED) is 0.736. The van der Waals surface area contributed by atoms with Crippen LogP contribution in [0.4, 0.5) is 10.5 Å². The van der Waals surface area contributed by atoms with Gasteiger partial charge in [-0.15, -0.1) is 23.5 Å². The highest BCUT2D eigenvalue weighted by Gasteiger charge is 2.21. The van der Waals surface area contributed by atoms with Crippen LogP contribution < -0.4 is 10.6 Å². The Morgan fingerprint density at radius 3 is 2.33 bits per heavy atom. The average molecular weight is 382 g/mol. The smallest absolute Gasteiger partial charge is 0.308 e. The molecule has 2 aromatic rings. The summed E-state index contributed by atoms with van der Waals surface area (Å²) in [6.45, 7) is 4.21. The lowest BCUT2D eigenvalue weighted by Crippen LogP contribution is -2.34. The van der Waals surface area contributed by atoms with Crippen molar-refractivity contribution in [2.75, 3.05) is 17.8 Å².